The molecule has 6 heteroatoms. The number of carbonyl (C=O) groups excluding carboxylic acids is 2. The monoisotopic (exact) mass is 337 g/mol. The second-order valence-electron chi connectivity index (χ2n) is 5.63. The normalized spacial score (nSPS) is 10.6. The van der Waals surface area contributed by atoms with E-state index in [4.69, 9.17) is 0 Å². The van der Waals surface area contributed by atoms with Crippen molar-refractivity contribution in [2.24, 2.45) is 0 Å². The van der Waals surface area contributed by atoms with Crippen molar-refractivity contribution >= 4 is 22.9 Å². The number of aromatic nitrogens is 2. The van der Waals surface area contributed by atoms with E-state index in [2.05, 4.69) is 20.0 Å². The Kier molecular flexibility index (Phi) is 5.09. The van der Waals surface area contributed by atoms with Gasteiger partial charge in [0.1, 0.15) is 5.82 Å². The number of carbonyl (C=O) groups is 2. The molecule has 1 aromatic heterocycles. The van der Waals surface area contributed by atoms with E-state index in [1.165, 1.54) is 7.11 Å². The van der Waals surface area contributed by atoms with Crippen LogP contribution in [0.5, 0.6) is 0 Å². The van der Waals surface area contributed by atoms with Crippen molar-refractivity contribution in [1.82, 2.24) is 15.3 Å². The highest BCUT2D eigenvalue weighted by molar-refractivity contribution is 5.96. The van der Waals surface area contributed by atoms with Crippen molar-refractivity contribution in [3.05, 3.63) is 65.5 Å². The first-order chi connectivity index (χ1) is 12.2. The minimum Gasteiger partial charge on any atom is -0.465 e. The number of rotatable bonds is 6. The summed E-state index contributed by atoms with van der Waals surface area (Å²) in [5.41, 5.74) is 2.90. The second kappa shape index (κ2) is 7.61. The van der Waals surface area contributed by atoms with Crippen molar-refractivity contribution in [2.45, 2.75) is 12.8 Å². The Morgan fingerprint density at radius 3 is 2.52 bits per heavy atom. The van der Waals surface area contributed by atoms with Gasteiger partial charge in [0.15, 0.2) is 0 Å². The van der Waals surface area contributed by atoms with Crippen LogP contribution in [0, 0.1) is 0 Å². The third-order valence-electron chi connectivity index (χ3n) is 3.88. The summed E-state index contributed by atoms with van der Waals surface area (Å²) < 4.78 is 4.63. The molecule has 3 aromatic rings. The van der Waals surface area contributed by atoms with Crippen LogP contribution in [0.1, 0.15) is 33.0 Å². The number of para-hydroxylation sites is 2. The number of nitrogens with one attached hydrogen (secondary N) is 2. The van der Waals surface area contributed by atoms with Crippen molar-refractivity contribution in [1.29, 1.82) is 0 Å². The number of H-pyrrole nitrogens is 1. The van der Waals surface area contributed by atoms with Crippen molar-refractivity contribution in [3.8, 4) is 0 Å². The minimum atomic E-state index is -0.419. The van der Waals surface area contributed by atoms with Crippen LogP contribution < -0.4 is 5.32 Å². The van der Waals surface area contributed by atoms with Gasteiger partial charge in [0.25, 0.3) is 5.91 Å². The van der Waals surface area contributed by atoms with Gasteiger partial charge in [-0.3, -0.25) is 4.79 Å². The third-order valence-corrected chi connectivity index (χ3v) is 3.88. The molecule has 3 rings (SSSR count). The standard InChI is InChI=1S/C19H19N3O3/c1-25-19(24)14-10-8-13(9-11-14)18(23)20-12-4-7-17-21-15-5-2-3-6-16(15)22-17/h2-3,5-6,8-11H,4,7,12H2,1H3,(H,20,23)(H,21,22). The Balaban J connectivity index is 1.48. The topological polar surface area (TPSA) is 84.1 Å². The molecule has 0 unspecified atom stereocenters. The van der Waals surface area contributed by atoms with Gasteiger partial charge in [-0.15, -0.1) is 0 Å². The molecule has 6 nitrogen and oxygen atoms in total. The molecule has 0 bridgehead atoms. The maximum Gasteiger partial charge on any atom is 0.337 e. The molecule has 2 N–H and O–H groups in total. The van der Waals surface area contributed by atoms with E-state index in [1.807, 2.05) is 24.3 Å². The number of imidazole rings is 1. The van der Waals surface area contributed by atoms with Gasteiger partial charge in [-0.2, -0.15) is 0 Å². The first-order valence-corrected chi connectivity index (χ1v) is 8.07. The molecule has 25 heavy (non-hydrogen) atoms. The first-order valence-electron chi connectivity index (χ1n) is 8.07. The highest BCUT2D eigenvalue weighted by atomic mass is 16.5. The molecule has 2 aromatic carbocycles. The number of nitrogens with zero attached hydrogens (tertiary/aromatic N) is 1. The van der Waals surface area contributed by atoms with E-state index in [9.17, 15) is 9.59 Å². The third kappa shape index (κ3) is 4.03. The maximum absolute atomic E-state index is 12.1. The van der Waals surface area contributed by atoms with Gasteiger partial charge >= 0.3 is 5.97 Å². The fraction of sp³-hybridized carbons (Fsp3) is 0.211. The molecular formula is C19H19N3O3. The quantitative estimate of drug-likeness (QED) is 0.535. The van der Waals surface area contributed by atoms with E-state index in [0.717, 1.165) is 29.7 Å². The lowest BCUT2D eigenvalue weighted by atomic mass is 10.1. The SMILES string of the molecule is COC(=O)c1ccc(C(=O)NCCCc2nc3ccccc3[nH]2)cc1. The Morgan fingerprint density at radius 1 is 1.08 bits per heavy atom. The highest BCUT2D eigenvalue weighted by Gasteiger charge is 2.09. The van der Waals surface area contributed by atoms with Crippen LogP contribution in [0.4, 0.5) is 0 Å². The van der Waals surface area contributed by atoms with Gasteiger partial charge in [0.2, 0.25) is 0 Å². The van der Waals surface area contributed by atoms with Gasteiger partial charge < -0.3 is 15.0 Å². The molecule has 0 spiro atoms. The molecule has 1 heterocycles. The van der Waals surface area contributed by atoms with Crippen LogP contribution in [0.15, 0.2) is 48.5 Å². The Morgan fingerprint density at radius 2 is 1.80 bits per heavy atom. The molecular weight excluding hydrogens is 318 g/mol. The molecule has 0 atom stereocenters. The van der Waals surface area contributed by atoms with Crippen molar-refractivity contribution < 1.29 is 14.3 Å². The van der Waals surface area contributed by atoms with Crippen LogP contribution in [-0.2, 0) is 11.2 Å². The molecule has 0 saturated carbocycles. The summed E-state index contributed by atoms with van der Waals surface area (Å²) in [6.07, 6.45) is 1.54. The molecule has 0 radical (unpaired) electrons. The highest BCUT2D eigenvalue weighted by Crippen LogP contribution is 2.11. The van der Waals surface area contributed by atoms with Crippen LogP contribution in [0.2, 0.25) is 0 Å². The van der Waals surface area contributed by atoms with Crippen molar-refractivity contribution in [3.63, 3.8) is 0 Å². The Hall–Kier alpha value is -3.15. The molecule has 0 aliphatic carbocycles. The van der Waals surface area contributed by atoms with Gasteiger partial charge in [-0.05, 0) is 42.8 Å². The van der Waals surface area contributed by atoms with Gasteiger partial charge in [0, 0.05) is 18.5 Å². The lowest BCUT2D eigenvalue weighted by molar-refractivity contribution is 0.0600. The van der Waals surface area contributed by atoms with Gasteiger partial charge in [-0.25, -0.2) is 9.78 Å². The van der Waals surface area contributed by atoms with Gasteiger partial charge in [-0.1, -0.05) is 12.1 Å². The smallest absolute Gasteiger partial charge is 0.337 e. The Bertz CT molecular complexity index is 851. The van der Waals surface area contributed by atoms with E-state index in [1.54, 1.807) is 24.3 Å². The lowest BCUT2D eigenvalue weighted by Gasteiger charge is -2.05. The van der Waals surface area contributed by atoms with E-state index in [-0.39, 0.29) is 5.91 Å². The van der Waals surface area contributed by atoms with Gasteiger partial charge in [0.05, 0.1) is 23.7 Å². The zero-order valence-corrected chi connectivity index (χ0v) is 13.9. The van der Waals surface area contributed by atoms with Crippen LogP contribution in [0.3, 0.4) is 0 Å². The summed E-state index contributed by atoms with van der Waals surface area (Å²) in [5.74, 6) is 0.330. The van der Waals surface area contributed by atoms with Crippen LogP contribution >= 0.6 is 0 Å². The summed E-state index contributed by atoms with van der Waals surface area (Å²) in [5, 5.41) is 2.87. The number of fused-ring (bicyclic) bond motifs is 1. The predicted molar refractivity (Wildman–Crippen MR) is 94.5 cm³/mol. The van der Waals surface area contributed by atoms with Crippen LogP contribution in [0.25, 0.3) is 11.0 Å². The number of benzene rings is 2. The largest absolute Gasteiger partial charge is 0.465 e. The number of aryl methyl sites for hydroxylation is 1. The summed E-state index contributed by atoms with van der Waals surface area (Å²) in [4.78, 5) is 31.2. The number of aromatic amines is 1. The molecule has 0 aliphatic rings. The molecule has 128 valence electrons. The summed E-state index contributed by atoms with van der Waals surface area (Å²) in [7, 11) is 1.32. The summed E-state index contributed by atoms with van der Waals surface area (Å²) >= 11 is 0. The fourth-order valence-corrected chi connectivity index (χ4v) is 2.56. The van der Waals surface area contributed by atoms with E-state index >= 15 is 0 Å². The zero-order valence-electron chi connectivity index (χ0n) is 13.9. The average molecular weight is 337 g/mol. The molecule has 1 amide bonds. The zero-order chi connectivity index (χ0) is 17.6. The number of hydrogen-bond acceptors (Lipinski definition) is 4. The van der Waals surface area contributed by atoms with Crippen molar-refractivity contribution in [2.75, 3.05) is 13.7 Å². The summed E-state index contributed by atoms with van der Waals surface area (Å²) in [6.45, 7) is 0.550. The molecule has 0 aliphatic heterocycles. The number of hydrogen-bond donors (Lipinski definition) is 2. The Labute approximate surface area is 145 Å². The molecule has 0 saturated heterocycles. The number of ether oxygens (including phenoxy) is 1. The summed E-state index contributed by atoms with van der Waals surface area (Å²) in [6, 6.07) is 14.3. The number of amides is 1. The maximum atomic E-state index is 12.1. The van der Waals surface area contributed by atoms with E-state index in [0.29, 0.717) is 17.7 Å². The lowest BCUT2D eigenvalue weighted by Crippen LogP contribution is -2.24. The van der Waals surface area contributed by atoms with E-state index < -0.39 is 5.97 Å². The molecule has 0 fully saturated rings. The number of esters is 1. The predicted octanol–water partition coefficient (Wildman–Crippen LogP) is 2.71. The number of methoxy groups -OCH3 is 1. The minimum absolute atomic E-state index is 0.166. The average Bonchev–Trinajstić information content (AvgIpc) is 3.07. The fourth-order valence-electron chi connectivity index (χ4n) is 2.56. The second-order valence-corrected chi connectivity index (χ2v) is 5.63. The van der Waals surface area contributed by atoms with Crippen LogP contribution in [-0.4, -0.2) is 35.5 Å². The first kappa shape index (κ1) is 16.7.